The lowest BCUT2D eigenvalue weighted by molar-refractivity contribution is -0.991. The van der Waals surface area contributed by atoms with Crippen LogP contribution in [-0.2, 0) is 4.74 Å². The van der Waals surface area contributed by atoms with E-state index in [1.54, 1.807) is 0 Å². The summed E-state index contributed by atoms with van der Waals surface area (Å²) >= 11 is 5.74. The summed E-state index contributed by atoms with van der Waals surface area (Å²) in [7, 11) is 0. The third-order valence-electron chi connectivity index (χ3n) is 3.01. The number of benzene rings is 1. The summed E-state index contributed by atoms with van der Waals surface area (Å²) in [5.74, 6) is 0. The van der Waals surface area contributed by atoms with Crippen molar-refractivity contribution in [2.45, 2.75) is 24.5 Å². The molecule has 0 aromatic heterocycles. The molecule has 112 valence electrons. The smallest absolute Gasteiger partial charge is 0.184 e. The molecule has 5 atom stereocenters. The van der Waals surface area contributed by atoms with Crippen molar-refractivity contribution < 1.29 is 30.5 Å². The second-order valence-electron chi connectivity index (χ2n) is 4.45. The summed E-state index contributed by atoms with van der Waals surface area (Å²) in [5.41, 5.74) is 0.266. The molecule has 0 aliphatic carbocycles. The van der Waals surface area contributed by atoms with Gasteiger partial charge in [-0.05, 0) is 12.1 Å². The van der Waals surface area contributed by atoms with Crippen LogP contribution in [-0.4, -0.2) is 51.7 Å². The monoisotopic (exact) mass is 306 g/mol. The maximum Gasteiger partial charge on any atom is 0.184 e. The molecule has 1 fully saturated rings. The van der Waals surface area contributed by atoms with Crippen molar-refractivity contribution in [2.75, 3.05) is 11.9 Å². The van der Waals surface area contributed by atoms with Gasteiger partial charge in [0.25, 0.3) is 0 Å². The van der Waals surface area contributed by atoms with E-state index in [1.807, 2.05) is 0 Å². The standard InChI is InChI=1S/C11H15ClN2O6/c12-6-2-1-5(3-7(6)14(18)19)13-11-10(17)9(16)8(15)4-20-11/h1-3,8-11,13-18H,4H2/t8-,9-,10-,11+/m1/s1. The summed E-state index contributed by atoms with van der Waals surface area (Å²) in [5, 5.41) is 50.2. The molecule has 20 heavy (non-hydrogen) atoms. The molecule has 1 aliphatic heterocycles. The zero-order valence-electron chi connectivity index (χ0n) is 10.2. The second-order valence-corrected chi connectivity index (χ2v) is 4.85. The van der Waals surface area contributed by atoms with Crippen molar-refractivity contribution in [1.29, 1.82) is 0 Å². The fourth-order valence-electron chi connectivity index (χ4n) is 1.88. The van der Waals surface area contributed by atoms with Crippen molar-refractivity contribution in [2.24, 2.45) is 0 Å². The van der Waals surface area contributed by atoms with Gasteiger partial charge in [0.05, 0.1) is 6.61 Å². The van der Waals surface area contributed by atoms with Gasteiger partial charge in [0.2, 0.25) is 0 Å². The highest BCUT2D eigenvalue weighted by Crippen LogP contribution is 2.24. The highest BCUT2D eigenvalue weighted by atomic mass is 35.5. The van der Waals surface area contributed by atoms with E-state index in [-0.39, 0.29) is 17.3 Å². The normalized spacial score (nSPS) is 31.9. The number of quaternary nitrogens is 1. The van der Waals surface area contributed by atoms with Gasteiger partial charge in [0, 0.05) is 11.8 Å². The largest absolute Gasteiger partial charge is 0.595 e. The number of hydrogen-bond donors (Lipinski definition) is 6. The van der Waals surface area contributed by atoms with Crippen LogP contribution >= 0.6 is 11.6 Å². The summed E-state index contributed by atoms with van der Waals surface area (Å²) < 4.78 is 5.16. The highest BCUT2D eigenvalue weighted by molar-refractivity contribution is 6.32. The van der Waals surface area contributed by atoms with Crippen molar-refractivity contribution in [3.8, 4) is 0 Å². The number of aliphatic hydroxyl groups is 3. The van der Waals surface area contributed by atoms with Gasteiger partial charge in [-0.25, -0.2) is 5.21 Å². The van der Waals surface area contributed by atoms with E-state index in [0.29, 0.717) is 5.69 Å². The van der Waals surface area contributed by atoms with E-state index >= 15 is 0 Å². The van der Waals surface area contributed by atoms with E-state index < -0.39 is 29.8 Å². The summed E-state index contributed by atoms with van der Waals surface area (Å²) in [4.78, 5) is 0. The SMILES string of the molecule is [O-][NH+](O)c1cc(N[C@H]2OC[C@@H](O)[C@@H](O)[C@H]2O)ccc1Cl. The number of halogens is 1. The van der Waals surface area contributed by atoms with Crippen LogP contribution in [0.5, 0.6) is 0 Å². The summed E-state index contributed by atoms with van der Waals surface area (Å²) in [6.45, 7) is -0.144. The molecule has 8 nitrogen and oxygen atoms in total. The van der Waals surface area contributed by atoms with Crippen LogP contribution in [0.15, 0.2) is 18.2 Å². The average Bonchev–Trinajstić information content (AvgIpc) is 2.41. The first-order valence-corrected chi connectivity index (χ1v) is 6.23. The van der Waals surface area contributed by atoms with Crippen LogP contribution in [0.2, 0.25) is 5.02 Å². The zero-order chi connectivity index (χ0) is 14.9. The second kappa shape index (κ2) is 6.20. The first-order valence-electron chi connectivity index (χ1n) is 5.85. The topological polar surface area (TPSA) is 130 Å². The molecule has 1 unspecified atom stereocenters. The minimum atomic E-state index is -1.34. The van der Waals surface area contributed by atoms with Crippen LogP contribution in [0.3, 0.4) is 0 Å². The lowest BCUT2D eigenvalue weighted by Crippen LogP contribution is -2.99. The summed E-state index contributed by atoms with van der Waals surface area (Å²) in [6.07, 6.45) is -4.81. The Morgan fingerprint density at radius 1 is 1.30 bits per heavy atom. The first kappa shape index (κ1) is 15.4. The Bertz CT molecular complexity index is 474. The highest BCUT2D eigenvalue weighted by Gasteiger charge is 2.37. The molecule has 0 bridgehead atoms. The Labute approximate surface area is 119 Å². The molecular weight excluding hydrogens is 292 g/mol. The molecule has 0 amide bonds. The number of ether oxygens (including phenoxy) is 1. The molecule has 1 aromatic carbocycles. The number of aliphatic hydroxyl groups excluding tert-OH is 3. The van der Waals surface area contributed by atoms with Crippen molar-refractivity contribution in [3.05, 3.63) is 28.4 Å². The fraction of sp³-hybridized carbons (Fsp3) is 0.455. The van der Waals surface area contributed by atoms with Gasteiger partial charge in [0.1, 0.15) is 23.3 Å². The minimum Gasteiger partial charge on any atom is -0.595 e. The molecular formula is C11H15ClN2O6. The molecule has 2 rings (SSSR count). The van der Waals surface area contributed by atoms with Gasteiger partial charge in [-0.2, -0.15) is 5.23 Å². The fourth-order valence-corrected chi connectivity index (χ4v) is 2.07. The third-order valence-corrected chi connectivity index (χ3v) is 3.34. The van der Waals surface area contributed by atoms with Crippen LogP contribution in [0.4, 0.5) is 11.4 Å². The van der Waals surface area contributed by atoms with E-state index in [9.17, 15) is 20.5 Å². The third kappa shape index (κ3) is 3.19. The molecule has 0 spiro atoms. The molecule has 1 saturated heterocycles. The van der Waals surface area contributed by atoms with Gasteiger partial charge in [-0.15, -0.1) is 0 Å². The van der Waals surface area contributed by atoms with E-state index in [2.05, 4.69) is 5.32 Å². The molecule has 1 heterocycles. The van der Waals surface area contributed by atoms with E-state index in [1.165, 1.54) is 18.2 Å². The van der Waals surface area contributed by atoms with Gasteiger partial charge in [-0.1, -0.05) is 11.6 Å². The lowest BCUT2D eigenvalue weighted by atomic mass is 10.0. The summed E-state index contributed by atoms with van der Waals surface area (Å²) in [6, 6.07) is 4.20. The van der Waals surface area contributed by atoms with Crippen molar-refractivity contribution in [3.63, 3.8) is 0 Å². The maximum absolute atomic E-state index is 11.0. The zero-order valence-corrected chi connectivity index (χ0v) is 11.0. The number of anilines is 1. The Morgan fingerprint density at radius 3 is 2.65 bits per heavy atom. The van der Waals surface area contributed by atoms with Gasteiger partial charge in [0.15, 0.2) is 11.9 Å². The minimum absolute atomic E-state index is 0.0867. The Kier molecular flexibility index (Phi) is 4.78. The van der Waals surface area contributed by atoms with E-state index in [4.69, 9.17) is 21.5 Å². The van der Waals surface area contributed by atoms with Crippen LogP contribution in [0, 0.1) is 5.21 Å². The molecule has 9 heteroatoms. The van der Waals surface area contributed by atoms with Crippen LogP contribution < -0.4 is 10.5 Å². The molecule has 6 N–H and O–H groups in total. The molecule has 1 aromatic rings. The van der Waals surface area contributed by atoms with Gasteiger partial charge >= 0.3 is 0 Å². The van der Waals surface area contributed by atoms with Crippen molar-refractivity contribution in [1.82, 2.24) is 0 Å². The predicted molar refractivity (Wildman–Crippen MR) is 68.6 cm³/mol. The number of rotatable bonds is 3. The average molecular weight is 307 g/mol. The van der Waals surface area contributed by atoms with Crippen molar-refractivity contribution >= 4 is 23.0 Å². The maximum atomic E-state index is 11.0. The Morgan fingerprint density at radius 2 is 2.00 bits per heavy atom. The Balaban J connectivity index is 2.12. The molecule has 0 saturated carbocycles. The lowest BCUT2D eigenvalue weighted by Gasteiger charge is -2.36. The predicted octanol–water partition coefficient (Wildman–Crippen LogP) is -1.41. The molecule has 1 aliphatic rings. The molecule has 0 radical (unpaired) electrons. The van der Waals surface area contributed by atoms with E-state index in [0.717, 1.165) is 0 Å². The van der Waals surface area contributed by atoms with Gasteiger partial charge < -0.3 is 30.6 Å². The Hall–Kier alpha value is -0.970. The number of hydrogen-bond acceptors (Lipinski definition) is 7. The van der Waals surface area contributed by atoms with Gasteiger partial charge in [-0.3, -0.25) is 0 Å². The number of nitrogens with one attached hydrogen (secondary N) is 2. The van der Waals surface area contributed by atoms with Crippen LogP contribution in [0.25, 0.3) is 0 Å². The quantitative estimate of drug-likeness (QED) is 0.379. The van der Waals surface area contributed by atoms with Crippen LogP contribution in [0.1, 0.15) is 0 Å². The first-order chi connectivity index (χ1) is 9.40.